The van der Waals surface area contributed by atoms with Crippen molar-refractivity contribution in [1.82, 2.24) is 4.72 Å². The van der Waals surface area contributed by atoms with E-state index in [1.54, 1.807) is 0 Å². The molecule has 0 aromatic heterocycles. The fourth-order valence-corrected chi connectivity index (χ4v) is 5.35. The Morgan fingerprint density at radius 1 is 1.03 bits per heavy atom. The molecule has 2 aromatic carbocycles. The summed E-state index contributed by atoms with van der Waals surface area (Å²) < 4.78 is 38.2. The minimum atomic E-state index is -3.16. The van der Waals surface area contributed by atoms with Crippen molar-refractivity contribution in [1.29, 1.82) is 0 Å². The lowest BCUT2D eigenvalue weighted by atomic mass is 9.94. The monoisotopic (exact) mass is 453 g/mol. The fraction of sp³-hybridized carbons (Fsp3) is 0.385. The first-order chi connectivity index (χ1) is 15.4. The highest BCUT2D eigenvalue weighted by Crippen LogP contribution is 2.32. The third-order valence-corrected chi connectivity index (χ3v) is 7.68. The van der Waals surface area contributed by atoms with Crippen molar-refractivity contribution < 1.29 is 17.9 Å². The molecule has 1 saturated carbocycles. The molecule has 6 heteroatoms. The van der Waals surface area contributed by atoms with Gasteiger partial charge in [0.15, 0.2) is 0 Å². The zero-order valence-electron chi connectivity index (χ0n) is 18.8. The molecule has 170 valence electrons. The van der Waals surface area contributed by atoms with Crippen molar-refractivity contribution in [3.63, 3.8) is 0 Å². The third kappa shape index (κ3) is 5.81. The van der Waals surface area contributed by atoms with Crippen molar-refractivity contribution in [2.24, 2.45) is 0 Å². The van der Waals surface area contributed by atoms with Crippen molar-refractivity contribution >= 4 is 10.0 Å². The van der Waals surface area contributed by atoms with Gasteiger partial charge in [0.05, 0.1) is 5.25 Å². The number of rotatable bonds is 10. The Hall–Kier alpha value is -2.57. The number of allylic oxidation sites excluding steroid dienone is 3. The van der Waals surface area contributed by atoms with Crippen molar-refractivity contribution in [3.05, 3.63) is 77.1 Å². The molecule has 0 bridgehead atoms. The molecular formula is C26H31NO4S. The number of hydrogen-bond acceptors (Lipinski definition) is 4. The maximum absolute atomic E-state index is 11.9. The minimum Gasteiger partial charge on any atom is -0.492 e. The van der Waals surface area contributed by atoms with Crippen LogP contribution in [-0.2, 0) is 21.4 Å². The average molecular weight is 454 g/mol. The molecule has 2 aliphatic carbocycles. The molecule has 0 heterocycles. The molecule has 0 radical (unpaired) electrons. The summed E-state index contributed by atoms with van der Waals surface area (Å²) in [6, 6.07) is 12.5. The SMILES string of the molecule is Cc1cc(OCCNS(=O)(=O)C2CC2)cc(C)c1-c1cccc(COC2=CCCC=C2)c1. The normalized spacial score (nSPS) is 16.0. The molecule has 1 N–H and O–H groups in total. The summed E-state index contributed by atoms with van der Waals surface area (Å²) in [4.78, 5) is 0. The van der Waals surface area contributed by atoms with Gasteiger partial charge in [-0.2, -0.15) is 0 Å². The summed E-state index contributed by atoms with van der Waals surface area (Å²) >= 11 is 0. The molecule has 0 atom stereocenters. The van der Waals surface area contributed by atoms with Crippen LogP contribution < -0.4 is 9.46 Å². The second-order valence-electron chi connectivity index (χ2n) is 8.49. The van der Waals surface area contributed by atoms with Crippen LogP contribution in [0.1, 0.15) is 42.4 Å². The van der Waals surface area contributed by atoms with E-state index in [0.717, 1.165) is 59.4 Å². The number of ether oxygens (including phenoxy) is 2. The van der Waals surface area contributed by atoms with Gasteiger partial charge in [-0.25, -0.2) is 13.1 Å². The lowest BCUT2D eigenvalue weighted by Gasteiger charge is -2.15. The van der Waals surface area contributed by atoms with Gasteiger partial charge in [0.2, 0.25) is 10.0 Å². The van der Waals surface area contributed by atoms with Gasteiger partial charge in [-0.15, -0.1) is 0 Å². The van der Waals surface area contributed by atoms with Gasteiger partial charge >= 0.3 is 0 Å². The second-order valence-corrected chi connectivity index (χ2v) is 10.5. The highest BCUT2D eigenvalue weighted by Gasteiger charge is 2.35. The lowest BCUT2D eigenvalue weighted by molar-refractivity contribution is 0.209. The van der Waals surface area contributed by atoms with E-state index in [2.05, 4.69) is 55.0 Å². The average Bonchev–Trinajstić information content (AvgIpc) is 3.62. The molecule has 5 nitrogen and oxygen atoms in total. The van der Waals surface area contributed by atoms with Crippen LogP contribution >= 0.6 is 0 Å². The number of benzene rings is 2. The summed E-state index contributed by atoms with van der Waals surface area (Å²) in [5, 5.41) is -0.205. The standard InChI is InChI=1S/C26H31NO4S/c1-19-15-24(30-14-13-27-32(28,29)25-11-12-25)16-20(2)26(19)22-8-6-7-21(17-22)18-31-23-9-4-3-5-10-23/h4,6-10,15-17,25,27H,3,5,11-14,18H2,1-2H3. The van der Waals surface area contributed by atoms with Crippen molar-refractivity contribution in [2.45, 2.75) is 51.4 Å². The van der Waals surface area contributed by atoms with Crippen LogP contribution in [0.3, 0.4) is 0 Å². The predicted octanol–water partition coefficient (Wildman–Crippen LogP) is 5.18. The van der Waals surface area contributed by atoms with Gasteiger partial charge in [-0.3, -0.25) is 0 Å². The van der Waals surface area contributed by atoms with E-state index >= 15 is 0 Å². The maximum Gasteiger partial charge on any atom is 0.214 e. The summed E-state index contributed by atoms with van der Waals surface area (Å²) in [5.74, 6) is 1.69. The summed E-state index contributed by atoms with van der Waals surface area (Å²) in [5.41, 5.74) is 5.71. The van der Waals surface area contributed by atoms with Gasteiger partial charge in [0.25, 0.3) is 0 Å². The zero-order chi connectivity index (χ0) is 22.6. The van der Waals surface area contributed by atoms with Crippen LogP contribution in [0.5, 0.6) is 5.75 Å². The lowest BCUT2D eigenvalue weighted by Crippen LogP contribution is -2.31. The molecule has 0 aliphatic heterocycles. The summed E-state index contributed by atoms with van der Waals surface area (Å²) in [6.07, 6.45) is 9.95. The minimum absolute atomic E-state index is 0.205. The smallest absolute Gasteiger partial charge is 0.214 e. The zero-order valence-corrected chi connectivity index (χ0v) is 19.6. The van der Waals surface area contributed by atoms with Crippen molar-refractivity contribution in [2.75, 3.05) is 13.2 Å². The first-order valence-electron chi connectivity index (χ1n) is 11.2. The van der Waals surface area contributed by atoms with E-state index in [4.69, 9.17) is 9.47 Å². The molecule has 2 aromatic rings. The van der Waals surface area contributed by atoms with Crippen LogP contribution in [0.4, 0.5) is 0 Å². The molecular weight excluding hydrogens is 422 g/mol. The highest BCUT2D eigenvalue weighted by atomic mass is 32.2. The van der Waals surface area contributed by atoms with Crippen LogP contribution in [0, 0.1) is 13.8 Å². The summed E-state index contributed by atoms with van der Waals surface area (Å²) in [7, 11) is -3.16. The molecule has 32 heavy (non-hydrogen) atoms. The Balaban J connectivity index is 1.39. The Labute approximate surface area is 191 Å². The number of sulfonamides is 1. The number of hydrogen-bond donors (Lipinski definition) is 1. The predicted molar refractivity (Wildman–Crippen MR) is 128 cm³/mol. The first-order valence-corrected chi connectivity index (χ1v) is 12.8. The van der Waals surface area contributed by atoms with E-state index in [-0.39, 0.29) is 11.8 Å². The largest absolute Gasteiger partial charge is 0.492 e. The second kappa shape index (κ2) is 9.92. The Morgan fingerprint density at radius 2 is 1.81 bits per heavy atom. The maximum atomic E-state index is 11.9. The van der Waals surface area contributed by atoms with E-state index in [0.29, 0.717) is 13.2 Å². The fourth-order valence-electron chi connectivity index (χ4n) is 3.99. The molecule has 1 fully saturated rings. The van der Waals surface area contributed by atoms with E-state index in [1.165, 1.54) is 5.56 Å². The Bertz CT molecular complexity index is 1110. The van der Waals surface area contributed by atoms with Crippen LogP contribution in [0.2, 0.25) is 0 Å². The van der Waals surface area contributed by atoms with Crippen molar-refractivity contribution in [3.8, 4) is 16.9 Å². The van der Waals surface area contributed by atoms with Crippen LogP contribution in [0.25, 0.3) is 11.1 Å². The molecule has 0 amide bonds. The molecule has 2 aliphatic rings. The van der Waals surface area contributed by atoms with Gasteiger partial charge in [-0.1, -0.05) is 24.3 Å². The Kier molecular flexibility index (Phi) is 7.01. The topological polar surface area (TPSA) is 64.6 Å². The quantitative estimate of drug-likeness (QED) is 0.504. The van der Waals surface area contributed by atoms with Crippen LogP contribution in [0.15, 0.2) is 60.4 Å². The molecule has 0 spiro atoms. The van der Waals surface area contributed by atoms with E-state index < -0.39 is 10.0 Å². The van der Waals surface area contributed by atoms with Crippen LogP contribution in [-0.4, -0.2) is 26.8 Å². The Morgan fingerprint density at radius 3 is 2.50 bits per heavy atom. The third-order valence-electron chi connectivity index (χ3n) is 5.73. The van der Waals surface area contributed by atoms with Gasteiger partial charge in [0, 0.05) is 6.54 Å². The molecule has 4 rings (SSSR count). The van der Waals surface area contributed by atoms with E-state index in [1.807, 2.05) is 18.2 Å². The summed E-state index contributed by atoms with van der Waals surface area (Å²) in [6.45, 7) is 5.28. The number of nitrogens with one attached hydrogen (secondary N) is 1. The molecule has 0 saturated heterocycles. The van der Waals surface area contributed by atoms with Gasteiger partial charge < -0.3 is 9.47 Å². The molecule has 0 unspecified atom stereocenters. The van der Waals surface area contributed by atoms with Gasteiger partial charge in [-0.05, 0) is 97.7 Å². The van der Waals surface area contributed by atoms with E-state index in [9.17, 15) is 8.42 Å². The van der Waals surface area contributed by atoms with Gasteiger partial charge in [0.1, 0.15) is 24.7 Å². The number of aryl methyl sites for hydroxylation is 2. The highest BCUT2D eigenvalue weighted by molar-refractivity contribution is 7.90. The first kappa shape index (κ1) is 22.6.